The first-order valence-electron chi connectivity index (χ1n) is 6.89. The van der Waals surface area contributed by atoms with Gasteiger partial charge in [0.2, 0.25) is 5.91 Å². The van der Waals surface area contributed by atoms with E-state index in [1.165, 1.54) is 0 Å². The third-order valence-corrected chi connectivity index (χ3v) is 3.05. The zero-order chi connectivity index (χ0) is 14.5. The maximum absolute atomic E-state index is 12.0. The minimum atomic E-state index is -0.114. The minimum Gasteiger partial charge on any atom is -0.379 e. The molecule has 0 fully saturated rings. The monoisotopic (exact) mass is 276 g/mol. The Morgan fingerprint density at radius 1 is 1.45 bits per heavy atom. The third kappa shape index (κ3) is 3.81. The number of hydrogen-bond donors (Lipinski definition) is 2. The number of nitrogens with one attached hydrogen (secondary N) is 2. The Morgan fingerprint density at radius 3 is 3.00 bits per heavy atom. The van der Waals surface area contributed by atoms with E-state index in [9.17, 15) is 9.59 Å². The van der Waals surface area contributed by atoms with Crippen molar-refractivity contribution in [3.8, 4) is 0 Å². The molecular weight excluding hydrogens is 256 g/mol. The molecule has 0 saturated carbocycles. The van der Waals surface area contributed by atoms with Gasteiger partial charge in [0.1, 0.15) is 0 Å². The number of ether oxygens (including phenoxy) is 1. The van der Waals surface area contributed by atoms with Crippen molar-refractivity contribution in [3.05, 3.63) is 29.3 Å². The molecule has 2 rings (SSSR count). The second-order valence-corrected chi connectivity index (χ2v) is 5.13. The first kappa shape index (κ1) is 14.5. The van der Waals surface area contributed by atoms with Crippen molar-refractivity contribution in [2.75, 3.05) is 18.5 Å². The van der Waals surface area contributed by atoms with Gasteiger partial charge in [-0.15, -0.1) is 0 Å². The molecule has 0 radical (unpaired) electrons. The number of amides is 2. The predicted octanol–water partition coefficient (Wildman–Crippen LogP) is 1.73. The fourth-order valence-corrected chi connectivity index (χ4v) is 2.07. The van der Waals surface area contributed by atoms with Crippen molar-refractivity contribution in [1.29, 1.82) is 0 Å². The number of anilines is 1. The summed E-state index contributed by atoms with van der Waals surface area (Å²) in [4.78, 5) is 23.2. The van der Waals surface area contributed by atoms with Gasteiger partial charge in [-0.1, -0.05) is 0 Å². The maximum Gasteiger partial charge on any atom is 0.251 e. The highest BCUT2D eigenvalue weighted by atomic mass is 16.5. The summed E-state index contributed by atoms with van der Waals surface area (Å²) in [6, 6.07) is 5.27. The third-order valence-electron chi connectivity index (χ3n) is 3.05. The lowest BCUT2D eigenvalue weighted by molar-refractivity contribution is -0.115. The van der Waals surface area contributed by atoms with Crippen LogP contribution in [0.5, 0.6) is 0 Å². The molecule has 5 nitrogen and oxygen atoms in total. The summed E-state index contributed by atoms with van der Waals surface area (Å²) in [6.45, 7) is 5.19. The molecule has 1 aliphatic heterocycles. The van der Waals surface area contributed by atoms with E-state index in [0.29, 0.717) is 25.1 Å². The Kier molecular flexibility index (Phi) is 4.74. The number of hydrogen-bond acceptors (Lipinski definition) is 3. The van der Waals surface area contributed by atoms with Crippen molar-refractivity contribution < 1.29 is 14.3 Å². The molecule has 0 aromatic heterocycles. The highest BCUT2D eigenvalue weighted by Gasteiger charge is 2.18. The number of carbonyl (C=O) groups excluding carboxylic acids is 2. The van der Waals surface area contributed by atoms with Gasteiger partial charge in [0.05, 0.1) is 12.5 Å². The molecule has 20 heavy (non-hydrogen) atoms. The smallest absolute Gasteiger partial charge is 0.251 e. The summed E-state index contributed by atoms with van der Waals surface area (Å²) < 4.78 is 5.40. The van der Waals surface area contributed by atoms with Gasteiger partial charge in [-0.2, -0.15) is 0 Å². The quantitative estimate of drug-likeness (QED) is 0.777. The summed E-state index contributed by atoms with van der Waals surface area (Å²) in [6.07, 6.45) is 1.35. The van der Waals surface area contributed by atoms with Gasteiger partial charge in [-0.3, -0.25) is 9.59 Å². The molecule has 2 amide bonds. The Morgan fingerprint density at radius 2 is 2.25 bits per heavy atom. The van der Waals surface area contributed by atoms with Crippen LogP contribution in [-0.4, -0.2) is 31.1 Å². The van der Waals surface area contributed by atoms with Crippen LogP contribution in [0.2, 0.25) is 0 Å². The van der Waals surface area contributed by atoms with E-state index in [0.717, 1.165) is 17.7 Å². The summed E-state index contributed by atoms with van der Waals surface area (Å²) in [5, 5.41) is 5.60. The van der Waals surface area contributed by atoms with Gasteiger partial charge >= 0.3 is 0 Å². The molecule has 0 saturated heterocycles. The lowest BCUT2D eigenvalue weighted by Gasteiger charge is -2.09. The minimum absolute atomic E-state index is 0.0246. The van der Waals surface area contributed by atoms with Gasteiger partial charge in [-0.05, 0) is 44.0 Å². The van der Waals surface area contributed by atoms with Crippen molar-refractivity contribution in [1.82, 2.24) is 5.32 Å². The molecule has 0 aliphatic carbocycles. The van der Waals surface area contributed by atoms with Crippen LogP contribution in [-0.2, 0) is 16.0 Å². The van der Waals surface area contributed by atoms with Crippen LogP contribution in [0.3, 0.4) is 0 Å². The molecule has 1 aromatic carbocycles. The first-order valence-corrected chi connectivity index (χ1v) is 6.89. The number of rotatable bonds is 6. The Balaban J connectivity index is 1.81. The maximum atomic E-state index is 12.0. The Labute approximate surface area is 118 Å². The SMILES string of the molecule is CC(C)OCCCNC(=O)c1ccc2c(c1)CC(=O)N2. The van der Waals surface area contributed by atoms with E-state index < -0.39 is 0 Å². The Bertz CT molecular complexity index is 512. The van der Waals surface area contributed by atoms with E-state index in [4.69, 9.17) is 4.74 Å². The molecular formula is C15H20N2O3. The van der Waals surface area contributed by atoms with E-state index in [1.54, 1.807) is 18.2 Å². The number of benzene rings is 1. The molecule has 5 heteroatoms. The van der Waals surface area contributed by atoms with Crippen LogP contribution < -0.4 is 10.6 Å². The Hall–Kier alpha value is -1.88. The van der Waals surface area contributed by atoms with E-state index >= 15 is 0 Å². The van der Waals surface area contributed by atoms with E-state index in [1.807, 2.05) is 13.8 Å². The molecule has 1 aliphatic rings. The van der Waals surface area contributed by atoms with Crippen LogP contribution in [0.4, 0.5) is 5.69 Å². The van der Waals surface area contributed by atoms with Crippen molar-refractivity contribution in [2.45, 2.75) is 32.8 Å². The number of fused-ring (bicyclic) bond motifs is 1. The lowest BCUT2D eigenvalue weighted by Crippen LogP contribution is -2.25. The van der Waals surface area contributed by atoms with Gasteiger partial charge in [0, 0.05) is 24.4 Å². The molecule has 0 atom stereocenters. The highest BCUT2D eigenvalue weighted by molar-refractivity contribution is 6.01. The van der Waals surface area contributed by atoms with E-state index in [-0.39, 0.29) is 17.9 Å². The van der Waals surface area contributed by atoms with Gasteiger partial charge in [0.25, 0.3) is 5.91 Å². The summed E-state index contributed by atoms with van der Waals surface area (Å²) in [5.41, 5.74) is 2.27. The van der Waals surface area contributed by atoms with Crippen molar-refractivity contribution in [3.63, 3.8) is 0 Å². The van der Waals surface area contributed by atoms with Crippen LogP contribution in [0.1, 0.15) is 36.2 Å². The first-order chi connectivity index (χ1) is 9.56. The summed E-state index contributed by atoms with van der Waals surface area (Å²) in [7, 11) is 0. The zero-order valence-electron chi connectivity index (χ0n) is 11.9. The fraction of sp³-hybridized carbons (Fsp3) is 0.467. The van der Waals surface area contributed by atoms with Crippen molar-refractivity contribution >= 4 is 17.5 Å². The summed E-state index contributed by atoms with van der Waals surface area (Å²) in [5.74, 6) is -0.139. The molecule has 1 heterocycles. The zero-order valence-corrected chi connectivity index (χ0v) is 11.9. The standard InChI is InChI=1S/C15H20N2O3/c1-10(2)20-7-3-6-16-15(19)11-4-5-13-12(8-11)9-14(18)17-13/h4-5,8,10H,3,6-7,9H2,1-2H3,(H,16,19)(H,17,18). The normalized spacial score (nSPS) is 13.2. The molecule has 1 aromatic rings. The predicted molar refractivity (Wildman–Crippen MR) is 76.8 cm³/mol. The van der Waals surface area contributed by atoms with Gasteiger partial charge in [-0.25, -0.2) is 0 Å². The molecule has 0 unspecified atom stereocenters. The lowest BCUT2D eigenvalue weighted by atomic mass is 10.1. The van der Waals surface area contributed by atoms with E-state index in [2.05, 4.69) is 10.6 Å². The van der Waals surface area contributed by atoms with Crippen LogP contribution in [0.25, 0.3) is 0 Å². The van der Waals surface area contributed by atoms with Crippen LogP contribution in [0, 0.1) is 0 Å². The van der Waals surface area contributed by atoms with Crippen molar-refractivity contribution in [2.24, 2.45) is 0 Å². The largest absolute Gasteiger partial charge is 0.379 e. The van der Waals surface area contributed by atoms with Crippen LogP contribution in [0.15, 0.2) is 18.2 Å². The molecule has 0 bridgehead atoms. The number of carbonyl (C=O) groups is 2. The molecule has 0 spiro atoms. The second kappa shape index (κ2) is 6.52. The summed E-state index contributed by atoms with van der Waals surface area (Å²) >= 11 is 0. The van der Waals surface area contributed by atoms with Gasteiger partial charge < -0.3 is 15.4 Å². The van der Waals surface area contributed by atoms with Crippen LogP contribution >= 0.6 is 0 Å². The van der Waals surface area contributed by atoms with Gasteiger partial charge in [0.15, 0.2) is 0 Å². The average Bonchev–Trinajstić information content (AvgIpc) is 2.76. The topological polar surface area (TPSA) is 67.4 Å². The molecule has 108 valence electrons. The average molecular weight is 276 g/mol. The fourth-order valence-electron chi connectivity index (χ4n) is 2.07. The second-order valence-electron chi connectivity index (χ2n) is 5.13. The molecule has 2 N–H and O–H groups in total. The highest BCUT2D eigenvalue weighted by Crippen LogP contribution is 2.23.